The number of benzene rings is 11. The number of nitrogens with one attached hydrogen (secondary N) is 4. The number of amides is 3. The minimum atomic E-state index is -1.66. The average Bonchev–Trinajstić information content (AvgIpc) is 0.751. The van der Waals surface area contributed by atoms with E-state index in [0.717, 1.165) is 51.8 Å². The SMILES string of the molecule is C.CC(C)C(c1ccc(N)cc1)C(C)C.CC(C)C(c1ccc(NCC(=O)c2cc(C(=O)Nc3ccc(C(C(C)C)C(C)C)cc3)c(C(=O)Nc3ccc(C(C(C)C)C(C)C)cc3)cc2C(=O)Nc2ccc(C(C(C)C)C(C)C)cc2)cc1)C(C)C.CC(C)c1cc(C=O)c(C=O)cc1C(C)C.N#COc1ccc(C(c2ccc(N=C=O)cc2)c2ccc(N=C=O)cc2)cc1.O=C(O)c1cc(C(=O)O)c(C(=O)O)cc1C(=O)O. The predicted molar refractivity (Wildman–Crippen MR) is 590 cm³/mol. The number of carbonyl (C=O) groups is 10. The van der Waals surface area contributed by atoms with E-state index < -0.39 is 69.6 Å². The van der Waals surface area contributed by atoms with E-state index in [1.807, 2.05) is 146 Å². The Kier molecular flexibility index (Phi) is 46.9. The summed E-state index contributed by atoms with van der Waals surface area (Å²) in [6.45, 7) is 52.8. The van der Waals surface area contributed by atoms with Crippen LogP contribution in [0.15, 0.2) is 241 Å². The van der Waals surface area contributed by atoms with Crippen molar-refractivity contribution in [2.24, 2.45) is 69.2 Å². The van der Waals surface area contributed by atoms with Gasteiger partial charge in [0.15, 0.2) is 18.4 Å². The van der Waals surface area contributed by atoms with Gasteiger partial charge in [-0.15, -0.1) is 5.26 Å². The summed E-state index contributed by atoms with van der Waals surface area (Å²) in [6, 6.07) is 69.1. The normalized spacial score (nSPS) is 11.3. The van der Waals surface area contributed by atoms with Crippen molar-refractivity contribution in [1.29, 1.82) is 5.26 Å². The van der Waals surface area contributed by atoms with Crippen molar-refractivity contribution in [2.75, 3.05) is 33.5 Å². The number of carboxylic acid groups (broad SMARTS) is 4. The van der Waals surface area contributed by atoms with Crippen molar-refractivity contribution in [3.8, 4) is 12.0 Å². The highest BCUT2D eigenvalue weighted by Gasteiger charge is 2.32. The van der Waals surface area contributed by atoms with Gasteiger partial charge in [0.25, 0.3) is 24.0 Å². The summed E-state index contributed by atoms with van der Waals surface area (Å²) < 4.78 is 4.84. The fourth-order valence-electron chi connectivity index (χ4n) is 20.0. The van der Waals surface area contributed by atoms with Gasteiger partial charge in [-0.3, -0.25) is 28.8 Å². The minimum absolute atomic E-state index is 0. The second-order valence-corrected chi connectivity index (χ2v) is 40.9. The van der Waals surface area contributed by atoms with Crippen molar-refractivity contribution >= 4 is 112 Å². The van der Waals surface area contributed by atoms with Crippen LogP contribution in [0.3, 0.4) is 0 Å². The van der Waals surface area contributed by atoms with E-state index in [9.17, 15) is 57.5 Å². The summed E-state index contributed by atoms with van der Waals surface area (Å²) in [6.07, 6.45) is 6.20. The van der Waals surface area contributed by atoms with E-state index in [1.165, 1.54) is 52.1 Å². The van der Waals surface area contributed by atoms with Gasteiger partial charge in [0, 0.05) is 51.0 Å². The first-order chi connectivity index (χ1) is 69.5. The Labute approximate surface area is 872 Å². The van der Waals surface area contributed by atoms with Crippen molar-refractivity contribution in [2.45, 2.75) is 221 Å². The molecule has 0 fully saturated rings. The maximum atomic E-state index is 14.6. The molecule has 0 aliphatic rings. The number of rotatable bonds is 39. The maximum Gasteiger partial charge on any atom is 0.336 e. The Morgan fingerprint density at radius 1 is 0.324 bits per heavy atom. The number of ketones is 1. The highest BCUT2D eigenvalue weighted by atomic mass is 16.5. The zero-order valence-corrected chi connectivity index (χ0v) is 88.7. The smallest absolute Gasteiger partial charge is 0.336 e. The summed E-state index contributed by atoms with van der Waals surface area (Å²) >= 11 is 0. The number of Topliss-reactive ketones (excluding diaryl/α,β-unsaturated/α-hetero) is 1. The maximum absolute atomic E-state index is 14.6. The summed E-state index contributed by atoms with van der Waals surface area (Å²) in [5.41, 5.74) is 19.0. The molecule has 0 unspecified atom stereocenters. The number of carbonyl (C=O) groups excluding carboxylic acids is 8. The molecule has 0 aromatic heterocycles. The molecule has 0 saturated carbocycles. The molecule has 25 nitrogen and oxygen atoms in total. The molecule has 0 saturated heterocycles. The Morgan fingerprint density at radius 3 is 0.791 bits per heavy atom. The standard InChI is InChI=1S/C63H84N4O4.C22H13N3O3.C14H18O2.C13H21N.C10H6O8.CH4/c1-36(2)57(37(3)4)44-17-25-48(26-18-44)64-35-56(68)52-33-54(62(70)66-50-29-21-46(22-30-50)59(40(9)10)41(11)12)55(63(71)67-51-31-23-47(24-32-51)60(42(13)14)43(15)16)34-53(52)61(69)65-49-27-19-45(20-28-49)58(38(5)6)39(7)8;23-13-28-21-11-5-18(6-12-21)22(16-1-7-19(8-2-16)24-14-26)17-3-9-20(10-4-17)25-15-27;1-9(2)13-5-11(7-15)12(8-16)6-14(13)10(3)4;1-9(2)13(10(3)4)11-5-7-12(14)8-6-11;11-7(12)3-1-4(8(13)14)6(10(17)18)2-5(3)9(15)16;/h17-34,36-43,57-60,64H,35H2,1-16H3,(H,65,69)(H,66,70)(H,67,71);1-12,22H;5-10H,1-4H3;5-10,13H,14H2,1-4H3;1-2H,(H,11,12)(H,13,14)(H,15,16)(H,17,18);1H4. The third kappa shape index (κ3) is 33.7. The number of ether oxygens (including phenoxy) is 1. The van der Waals surface area contributed by atoms with Gasteiger partial charge in [0.2, 0.25) is 12.2 Å². The first-order valence-electron chi connectivity index (χ1n) is 49.9. The lowest BCUT2D eigenvalue weighted by Gasteiger charge is -2.25. The Balaban J connectivity index is 0.000000347. The lowest BCUT2D eigenvalue weighted by Crippen LogP contribution is -2.26. The molecule has 10 N–H and O–H groups in total. The van der Waals surface area contributed by atoms with Gasteiger partial charge in [-0.2, -0.15) is 9.98 Å². The lowest BCUT2D eigenvalue weighted by molar-refractivity contribution is 0.0637. The molecule has 0 aliphatic heterocycles. The number of hydrogen-bond acceptors (Lipinski definition) is 18. The second-order valence-electron chi connectivity index (χ2n) is 40.9. The molecule has 11 aromatic rings. The monoisotopic (exact) mass is 2010 g/mol. The largest absolute Gasteiger partial charge is 0.478 e. The summed E-state index contributed by atoms with van der Waals surface area (Å²) in [4.78, 5) is 152. The van der Waals surface area contributed by atoms with Crippen molar-refractivity contribution in [3.05, 3.63) is 342 Å². The first kappa shape index (κ1) is 121. The van der Waals surface area contributed by atoms with E-state index in [0.29, 0.717) is 158 Å². The highest BCUT2D eigenvalue weighted by molar-refractivity contribution is 6.21. The zero-order chi connectivity index (χ0) is 109. The molecular weight excluding hydrogens is 1860 g/mol. The summed E-state index contributed by atoms with van der Waals surface area (Å²) in [7, 11) is 0. The average molecular weight is 2010 g/mol. The molecular formula is C123H146N8O17. The van der Waals surface area contributed by atoms with E-state index in [4.69, 9.17) is 36.2 Å². The first-order valence-corrected chi connectivity index (χ1v) is 49.9. The van der Waals surface area contributed by atoms with E-state index in [-0.39, 0.29) is 42.1 Å². The topological polar surface area (TPSA) is 418 Å². The third-order valence-corrected chi connectivity index (χ3v) is 26.1. The van der Waals surface area contributed by atoms with Gasteiger partial charge in [0.05, 0.1) is 56.9 Å². The fourth-order valence-corrected chi connectivity index (χ4v) is 20.0. The quantitative estimate of drug-likeness (QED) is 0.00329. The Hall–Kier alpha value is -15.6. The number of nitrogen functional groups attached to an aromatic ring is 1. The molecule has 148 heavy (non-hydrogen) atoms. The molecule has 0 bridgehead atoms. The molecule has 0 spiro atoms. The zero-order valence-electron chi connectivity index (χ0n) is 88.7. The number of carboxylic acids is 4. The van der Waals surface area contributed by atoms with Gasteiger partial charge < -0.3 is 52.2 Å². The van der Waals surface area contributed by atoms with E-state index in [1.54, 1.807) is 42.7 Å². The predicted octanol–water partition coefficient (Wildman–Crippen LogP) is 29.3. The van der Waals surface area contributed by atoms with Gasteiger partial charge in [-0.1, -0.05) is 271 Å². The molecule has 25 heteroatoms. The lowest BCUT2D eigenvalue weighted by atomic mass is 9.80. The van der Waals surface area contributed by atoms with Crippen molar-refractivity contribution < 1.29 is 82.7 Å². The number of nitrogens with two attached hydrogens (primary N) is 1. The molecule has 0 aliphatic carbocycles. The highest BCUT2D eigenvalue weighted by Crippen LogP contribution is 2.41. The Bertz CT molecular complexity index is 6240. The Morgan fingerprint density at radius 2 is 0.554 bits per heavy atom. The van der Waals surface area contributed by atoms with Crippen LogP contribution in [-0.2, 0) is 9.59 Å². The number of isocyanates is 2. The molecule has 3 amide bonds. The number of aromatic carboxylic acids is 4. The summed E-state index contributed by atoms with van der Waals surface area (Å²) in [5.74, 6) is -0.979. The van der Waals surface area contributed by atoms with Gasteiger partial charge in [-0.05, 0) is 290 Å². The third-order valence-electron chi connectivity index (χ3n) is 26.1. The number of hydrogen-bond donors (Lipinski definition) is 9. The second kappa shape index (κ2) is 57.3. The number of anilines is 5. The van der Waals surface area contributed by atoms with Crippen molar-refractivity contribution in [3.63, 3.8) is 0 Å². The summed E-state index contributed by atoms with van der Waals surface area (Å²) in [5, 5.41) is 55.9. The minimum Gasteiger partial charge on any atom is -0.478 e. The fraction of sp³-hybridized carbons (Fsp3) is 0.358. The number of aliphatic imine (C=N–C) groups is 2. The number of aldehydes is 2. The van der Waals surface area contributed by atoms with Crippen LogP contribution in [0.5, 0.6) is 5.75 Å². The van der Waals surface area contributed by atoms with Crippen LogP contribution in [0, 0.1) is 70.7 Å². The molecule has 11 aromatic carbocycles. The number of nitrogens with zero attached hydrogens (tertiary/aromatic N) is 3. The molecule has 11 rings (SSSR count). The number of nitriles is 1. The van der Waals surface area contributed by atoms with Crippen LogP contribution in [0.25, 0.3) is 0 Å². The van der Waals surface area contributed by atoms with Crippen LogP contribution in [0.4, 0.5) is 39.8 Å². The van der Waals surface area contributed by atoms with Gasteiger partial charge in [0.1, 0.15) is 5.75 Å². The molecule has 0 radical (unpaired) electrons. The molecule has 0 atom stereocenters. The van der Waals surface area contributed by atoms with E-state index in [2.05, 4.69) is 222 Å². The van der Waals surface area contributed by atoms with Crippen LogP contribution >= 0.6 is 0 Å². The van der Waals surface area contributed by atoms with Crippen LogP contribution in [0.2, 0.25) is 0 Å². The molecule has 780 valence electrons. The van der Waals surface area contributed by atoms with Crippen LogP contribution in [-0.4, -0.2) is 99.1 Å². The van der Waals surface area contributed by atoms with Crippen LogP contribution in [0.1, 0.15) is 380 Å². The van der Waals surface area contributed by atoms with Gasteiger partial charge >= 0.3 is 23.9 Å². The molecule has 0 heterocycles. The van der Waals surface area contributed by atoms with Crippen molar-refractivity contribution in [1.82, 2.24) is 0 Å². The van der Waals surface area contributed by atoms with E-state index >= 15 is 0 Å². The van der Waals surface area contributed by atoms with Gasteiger partial charge in [-0.25, -0.2) is 28.8 Å². The van der Waals surface area contributed by atoms with Crippen LogP contribution < -0.4 is 31.7 Å².